The van der Waals surface area contributed by atoms with Gasteiger partial charge in [-0.25, -0.2) is 0 Å². The molecule has 8 aromatic rings. The Labute approximate surface area is 509 Å². The summed E-state index contributed by atoms with van der Waals surface area (Å²) in [7, 11) is 2.00. The van der Waals surface area contributed by atoms with Crippen molar-refractivity contribution >= 4 is 47.3 Å². The SMILES string of the molecule is CO.CO.Cc1ccc([O-])c(/C=N/N=C(\[O-])c2cnccn2)c1.Cc1ccc([O-])c(/C=N/N=C(\[O-])c2cnccn2)c1.O=C(/C=C(\[O-])c1ccccc1)c1ccccc1.O=C(/C=C(\[O-])c1ccccc1)c1ccccc1.[Lu+3].[Lu+3]. The smallest absolute Gasteiger partial charge is 0.872 e. The number of aromatic nitrogens is 4. The molecule has 78 heavy (non-hydrogen) atoms. The van der Waals surface area contributed by atoms with Gasteiger partial charge in [0.1, 0.15) is 0 Å². The first-order chi connectivity index (χ1) is 36.9. The number of allylic oxidation sites excluding steroid dienone is 2. The maximum absolute atomic E-state index is 11.8. The Morgan fingerprint density at radius 3 is 1.05 bits per heavy atom. The molecule has 0 amide bonds. The normalized spacial score (nSPS) is 10.8. The number of aryl methyl sites for hydroxylation is 2. The summed E-state index contributed by atoms with van der Waals surface area (Å²) in [5, 5.41) is 97.6. The van der Waals surface area contributed by atoms with Crippen LogP contribution in [0.1, 0.15) is 65.5 Å². The van der Waals surface area contributed by atoms with Gasteiger partial charge >= 0.3 is 73.7 Å². The second-order valence-electron chi connectivity index (χ2n) is 14.8. The average Bonchev–Trinajstić information content (AvgIpc) is 3.47. The molecule has 0 aliphatic carbocycles. The first-order valence-electron chi connectivity index (χ1n) is 22.5. The number of nitrogens with zero attached hydrogens (tertiary/aromatic N) is 8. The van der Waals surface area contributed by atoms with E-state index in [4.69, 9.17) is 10.2 Å². The van der Waals surface area contributed by atoms with E-state index in [0.29, 0.717) is 33.4 Å². The van der Waals surface area contributed by atoms with E-state index in [9.17, 15) is 40.2 Å². The van der Waals surface area contributed by atoms with Crippen molar-refractivity contribution in [2.24, 2.45) is 20.4 Å². The summed E-state index contributed by atoms with van der Waals surface area (Å²) in [6.45, 7) is 3.72. The topological polar surface area (TPSA) is 314 Å². The van der Waals surface area contributed by atoms with Crippen molar-refractivity contribution in [3.63, 3.8) is 0 Å². The first kappa shape index (κ1) is 68.2. The van der Waals surface area contributed by atoms with Crippen LogP contribution in [0.25, 0.3) is 11.5 Å². The number of ketones is 2. The largest absolute Gasteiger partial charge is 3.00 e. The second kappa shape index (κ2) is 39.5. The van der Waals surface area contributed by atoms with Gasteiger partial charge in [0.2, 0.25) is 0 Å². The summed E-state index contributed by atoms with van der Waals surface area (Å²) in [6, 6.07) is 44.7. The summed E-state index contributed by atoms with van der Waals surface area (Å²) in [4.78, 5) is 38.6. The number of aliphatic hydroxyl groups is 2. The standard InChI is InChI=1S/2C15H12O2.2C13H12N4O2.2CH4O.2Lu/c2*16-14(12-7-3-1-4-8-12)11-15(17)13-9-5-2-6-10-13;2*1-9-2-3-12(18)10(6-9)7-16-17-13(19)11-8-14-4-5-15-11;2*1-2;;/h2*1-11,16H;2*2-8,18H,1H3,(H,17,19);2*2H,1H3;;/q;;;;;;2*+3/p-6/b2*14-11-;2*16-7+;;;;. The molecule has 2 heterocycles. The van der Waals surface area contributed by atoms with Gasteiger partial charge in [-0.15, -0.1) is 0 Å². The fraction of sp³-hybridized carbons (Fsp3) is 0.0690. The van der Waals surface area contributed by atoms with Crippen molar-refractivity contribution in [2.45, 2.75) is 13.8 Å². The number of hydrogen-bond acceptors (Lipinski definition) is 18. The number of carbonyl (C=O) groups excluding carboxylic acids is 2. The fourth-order valence-electron chi connectivity index (χ4n) is 5.73. The summed E-state index contributed by atoms with van der Waals surface area (Å²) < 4.78 is 0. The third-order valence-electron chi connectivity index (χ3n) is 9.34. The van der Waals surface area contributed by atoms with E-state index in [0.717, 1.165) is 37.5 Å². The Balaban J connectivity index is 0.000000505. The van der Waals surface area contributed by atoms with E-state index >= 15 is 0 Å². The number of benzene rings is 6. The molecule has 2 N–H and O–H groups in total. The van der Waals surface area contributed by atoms with E-state index in [1.165, 1.54) is 61.7 Å². The van der Waals surface area contributed by atoms with Crippen LogP contribution in [0.2, 0.25) is 0 Å². The Bertz CT molecular complexity index is 2980. The van der Waals surface area contributed by atoms with Crippen LogP contribution < -0.4 is 30.6 Å². The van der Waals surface area contributed by atoms with Gasteiger partial charge in [-0.2, -0.15) is 20.4 Å². The predicted octanol–water partition coefficient (Wildman–Crippen LogP) is 3.76. The molecule has 0 atom stereocenters. The van der Waals surface area contributed by atoms with Gasteiger partial charge in [-0.3, -0.25) is 29.5 Å². The molecule has 8 rings (SSSR count). The molecule has 0 saturated carbocycles. The molecule has 18 nitrogen and oxygen atoms in total. The molecule has 6 aromatic carbocycles. The number of carbonyl (C=O) groups is 2. The third-order valence-corrected chi connectivity index (χ3v) is 9.34. The number of hydrogen-bond donors (Lipinski definition) is 2. The van der Waals surface area contributed by atoms with Crippen LogP contribution in [0.4, 0.5) is 0 Å². The maximum atomic E-state index is 11.8. The van der Waals surface area contributed by atoms with Gasteiger partial charge in [0, 0.05) is 61.9 Å². The fourth-order valence-corrected chi connectivity index (χ4v) is 5.73. The third kappa shape index (κ3) is 25.3. The molecule has 20 heteroatoms. The van der Waals surface area contributed by atoms with Gasteiger partial charge in [-0.1, -0.05) is 192 Å². The molecule has 0 aliphatic rings. The van der Waals surface area contributed by atoms with E-state index in [1.807, 2.05) is 38.1 Å². The second-order valence-corrected chi connectivity index (χ2v) is 14.8. The monoisotopic (exact) mass is 1370 g/mol. The first-order valence-corrected chi connectivity index (χ1v) is 22.5. The molecule has 0 bridgehead atoms. The van der Waals surface area contributed by atoms with Gasteiger partial charge < -0.3 is 40.9 Å². The molecule has 2 aromatic heterocycles. The molecular weight excluding hydrogens is 1320 g/mol. The van der Waals surface area contributed by atoms with Crippen molar-refractivity contribution in [3.8, 4) is 11.5 Å². The minimum absolute atomic E-state index is 0. The van der Waals surface area contributed by atoms with Crippen LogP contribution in [0, 0.1) is 87.6 Å². The van der Waals surface area contributed by atoms with Crippen molar-refractivity contribution < 1.29 is 124 Å². The molecule has 0 unspecified atom stereocenters. The van der Waals surface area contributed by atoms with Crippen LogP contribution in [0.5, 0.6) is 11.5 Å². The van der Waals surface area contributed by atoms with Crippen molar-refractivity contribution in [1.82, 2.24) is 19.9 Å². The van der Waals surface area contributed by atoms with Gasteiger partial charge in [-0.05, 0) is 48.3 Å². The zero-order valence-corrected chi connectivity index (χ0v) is 45.4. The molecule has 0 spiro atoms. The van der Waals surface area contributed by atoms with Crippen LogP contribution in [-0.2, 0) is 0 Å². The molecular formula is C58H50Lu2N8O10. The molecule has 0 aliphatic heterocycles. The molecule has 412 valence electrons. The predicted molar refractivity (Wildman–Crippen MR) is 280 cm³/mol. The zero-order valence-electron chi connectivity index (χ0n) is 42.0. The maximum Gasteiger partial charge on any atom is 3.00 e. The number of rotatable bonds is 12. The van der Waals surface area contributed by atoms with E-state index < -0.39 is 11.8 Å². The Morgan fingerprint density at radius 1 is 0.449 bits per heavy atom. The Morgan fingerprint density at radius 2 is 0.756 bits per heavy atom. The quantitative estimate of drug-likeness (QED) is 0.0440. The summed E-state index contributed by atoms with van der Waals surface area (Å²) in [5.41, 5.74) is 4.94. The summed E-state index contributed by atoms with van der Waals surface area (Å²) in [6.07, 6.45) is 13.1. The van der Waals surface area contributed by atoms with Gasteiger partial charge in [0.15, 0.2) is 11.6 Å². The minimum atomic E-state index is -0.607. The van der Waals surface area contributed by atoms with E-state index in [1.54, 1.807) is 121 Å². The van der Waals surface area contributed by atoms with Crippen LogP contribution >= 0.6 is 0 Å². The molecule has 0 radical (unpaired) electrons. The van der Waals surface area contributed by atoms with Gasteiger partial charge in [0.05, 0.1) is 36.2 Å². The summed E-state index contributed by atoms with van der Waals surface area (Å²) >= 11 is 0. The van der Waals surface area contributed by atoms with Crippen LogP contribution in [0.15, 0.2) is 227 Å². The molecule has 0 saturated heterocycles. The number of aliphatic hydroxyl groups excluding tert-OH is 2. The minimum Gasteiger partial charge on any atom is -0.872 e. The van der Waals surface area contributed by atoms with E-state index in [-0.39, 0.29) is 120 Å². The van der Waals surface area contributed by atoms with Crippen molar-refractivity contribution in [3.05, 3.63) is 263 Å². The van der Waals surface area contributed by atoms with Gasteiger partial charge in [0.25, 0.3) is 0 Å². The Hall–Kier alpha value is -7.83. The molecule has 0 fully saturated rings. The average molecular weight is 1370 g/mol. The van der Waals surface area contributed by atoms with Crippen LogP contribution in [0.3, 0.4) is 0 Å². The Kier molecular flexibility index (Phi) is 34.6. The summed E-state index contributed by atoms with van der Waals surface area (Å²) in [5.74, 6) is -2.61. The van der Waals surface area contributed by atoms with Crippen molar-refractivity contribution in [2.75, 3.05) is 14.2 Å². The zero-order chi connectivity index (χ0) is 55.5. The van der Waals surface area contributed by atoms with Crippen molar-refractivity contribution in [1.29, 1.82) is 0 Å². The van der Waals surface area contributed by atoms with E-state index in [2.05, 4.69) is 40.3 Å². The van der Waals surface area contributed by atoms with Crippen LogP contribution in [-0.4, -0.2) is 80.2 Å².